The molecule has 0 spiro atoms. The summed E-state index contributed by atoms with van der Waals surface area (Å²) in [4.78, 5) is 13.9. The lowest BCUT2D eigenvalue weighted by Crippen LogP contribution is -2.22. The number of hydrogen-bond donors (Lipinski definition) is 0. The summed E-state index contributed by atoms with van der Waals surface area (Å²) in [5.41, 5.74) is 0.719. The average molecular weight is 389 g/mol. The van der Waals surface area contributed by atoms with Gasteiger partial charge in [0.05, 0.1) is 15.2 Å². The van der Waals surface area contributed by atoms with E-state index in [0.29, 0.717) is 17.7 Å². The Hall–Kier alpha value is -2.09. The minimum Gasteiger partial charge on any atom is -0.272 e. The standard InChI is InChI=1S/C17H13ClN4OS2/c1-2-9-21-15(23)12-5-3-4-6-13(12)22-16(21)19-20-17(22)24-10-11-7-8-14(18)25-11/h2-8H,1,9-10H2. The van der Waals surface area contributed by atoms with E-state index in [1.54, 1.807) is 33.7 Å². The van der Waals surface area contributed by atoms with E-state index < -0.39 is 0 Å². The minimum absolute atomic E-state index is 0.0861. The van der Waals surface area contributed by atoms with Crippen LogP contribution < -0.4 is 5.56 Å². The van der Waals surface area contributed by atoms with Gasteiger partial charge in [0.1, 0.15) is 0 Å². The van der Waals surface area contributed by atoms with Crippen LogP contribution in [0.1, 0.15) is 4.88 Å². The van der Waals surface area contributed by atoms with Gasteiger partial charge in [-0.1, -0.05) is 41.6 Å². The number of halogens is 1. The molecule has 0 radical (unpaired) electrons. The first-order valence-electron chi connectivity index (χ1n) is 7.53. The molecule has 4 aromatic rings. The number of rotatable bonds is 5. The molecule has 0 saturated carbocycles. The van der Waals surface area contributed by atoms with Crippen LogP contribution in [0.2, 0.25) is 4.34 Å². The number of allylic oxidation sites excluding steroid dienone is 1. The van der Waals surface area contributed by atoms with Crippen molar-refractivity contribution in [1.82, 2.24) is 19.2 Å². The second-order valence-electron chi connectivity index (χ2n) is 5.33. The number of aromatic nitrogens is 4. The summed E-state index contributed by atoms with van der Waals surface area (Å²) in [7, 11) is 0. The van der Waals surface area contributed by atoms with E-state index in [0.717, 1.165) is 25.6 Å². The molecule has 0 unspecified atom stereocenters. The van der Waals surface area contributed by atoms with Crippen LogP contribution in [0.3, 0.4) is 0 Å². The van der Waals surface area contributed by atoms with Crippen molar-refractivity contribution in [2.24, 2.45) is 0 Å². The number of thioether (sulfide) groups is 1. The second kappa shape index (κ2) is 6.67. The topological polar surface area (TPSA) is 52.2 Å². The molecular weight excluding hydrogens is 376 g/mol. The lowest BCUT2D eigenvalue weighted by atomic mass is 10.2. The van der Waals surface area contributed by atoms with Gasteiger partial charge in [0.15, 0.2) is 5.16 Å². The molecule has 0 atom stereocenters. The molecule has 0 aliphatic carbocycles. The van der Waals surface area contributed by atoms with Gasteiger partial charge in [-0.3, -0.25) is 13.8 Å². The highest BCUT2D eigenvalue weighted by molar-refractivity contribution is 7.98. The fourth-order valence-corrected chi connectivity index (χ4v) is 4.76. The van der Waals surface area contributed by atoms with Crippen LogP contribution in [0.4, 0.5) is 0 Å². The third-order valence-corrected chi connectivity index (χ3v) is 6.15. The molecule has 4 rings (SSSR count). The molecule has 0 aliphatic rings. The van der Waals surface area contributed by atoms with Crippen molar-refractivity contribution in [3.05, 3.63) is 68.6 Å². The van der Waals surface area contributed by atoms with Crippen LogP contribution in [0.25, 0.3) is 16.7 Å². The zero-order valence-corrected chi connectivity index (χ0v) is 15.4. The van der Waals surface area contributed by atoms with Gasteiger partial charge < -0.3 is 0 Å². The minimum atomic E-state index is -0.0861. The molecule has 5 nitrogen and oxygen atoms in total. The Balaban J connectivity index is 1.88. The monoisotopic (exact) mass is 388 g/mol. The average Bonchev–Trinajstić information content (AvgIpc) is 3.23. The Morgan fingerprint density at radius 2 is 2.08 bits per heavy atom. The van der Waals surface area contributed by atoms with Crippen molar-refractivity contribution in [3.8, 4) is 0 Å². The fraction of sp³-hybridized carbons (Fsp3) is 0.118. The van der Waals surface area contributed by atoms with Crippen LogP contribution >= 0.6 is 34.7 Å². The first kappa shape index (κ1) is 16.4. The zero-order valence-electron chi connectivity index (χ0n) is 13.1. The van der Waals surface area contributed by atoms with Crippen molar-refractivity contribution in [2.75, 3.05) is 0 Å². The predicted molar refractivity (Wildman–Crippen MR) is 104 cm³/mol. The molecule has 0 fully saturated rings. The molecule has 25 heavy (non-hydrogen) atoms. The van der Waals surface area contributed by atoms with Crippen LogP contribution in [0.15, 0.2) is 59.0 Å². The van der Waals surface area contributed by atoms with E-state index in [2.05, 4.69) is 16.8 Å². The first-order chi connectivity index (χ1) is 12.2. The Morgan fingerprint density at radius 1 is 1.24 bits per heavy atom. The Bertz CT molecular complexity index is 1140. The largest absolute Gasteiger partial charge is 0.272 e. The first-order valence-corrected chi connectivity index (χ1v) is 9.71. The van der Waals surface area contributed by atoms with Gasteiger partial charge in [-0.05, 0) is 24.3 Å². The molecule has 126 valence electrons. The summed E-state index contributed by atoms with van der Waals surface area (Å²) in [6.45, 7) is 4.12. The summed E-state index contributed by atoms with van der Waals surface area (Å²) in [6.07, 6.45) is 1.69. The molecule has 1 aromatic carbocycles. The molecule has 3 heterocycles. The van der Waals surface area contributed by atoms with Crippen molar-refractivity contribution >= 4 is 51.4 Å². The highest BCUT2D eigenvalue weighted by atomic mass is 35.5. The zero-order chi connectivity index (χ0) is 17.4. The van der Waals surface area contributed by atoms with Crippen molar-refractivity contribution < 1.29 is 0 Å². The number of thiophene rings is 1. The third kappa shape index (κ3) is 2.88. The molecule has 0 N–H and O–H groups in total. The molecule has 3 aromatic heterocycles. The number of hydrogen-bond acceptors (Lipinski definition) is 5. The summed E-state index contributed by atoms with van der Waals surface area (Å²) >= 11 is 9.12. The van der Waals surface area contributed by atoms with Gasteiger partial charge in [0, 0.05) is 17.2 Å². The molecule has 0 saturated heterocycles. The number of nitrogens with zero attached hydrogens (tertiary/aromatic N) is 4. The quantitative estimate of drug-likeness (QED) is 0.379. The van der Waals surface area contributed by atoms with Gasteiger partial charge in [0.2, 0.25) is 5.78 Å². The molecule has 0 aliphatic heterocycles. The summed E-state index contributed by atoms with van der Waals surface area (Å²) in [5.74, 6) is 1.27. The van der Waals surface area contributed by atoms with Crippen LogP contribution in [0.5, 0.6) is 0 Å². The fourth-order valence-electron chi connectivity index (χ4n) is 2.69. The van der Waals surface area contributed by atoms with Gasteiger partial charge in [-0.15, -0.1) is 28.1 Å². The van der Waals surface area contributed by atoms with E-state index in [9.17, 15) is 4.79 Å². The lowest BCUT2D eigenvalue weighted by molar-refractivity contribution is 0.783. The normalized spacial score (nSPS) is 11.4. The number of benzene rings is 1. The number of para-hydroxylation sites is 1. The van der Waals surface area contributed by atoms with E-state index in [1.807, 2.05) is 40.8 Å². The lowest BCUT2D eigenvalue weighted by Gasteiger charge is -2.09. The summed E-state index contributed by atoms with van der Waals surface area (Å²) in [6, 6.07) is 11.4. The Kier molecular flexibility index (Phi) is 4.37. The van der Waals surface area contributed by atoms with E-state index in [4.69, 9.17) is 11.6 Å². The molecular formula is C17H13ClN4OS2. The maximum Gasteiger partial charge on any atom is 0.263 e. The maximum absolute atomic E-state index is 12.7. The maximum atomic E-state index is 12.7. The molecule has 8 heteroatoms. The van der Waals surface area contributed by atoms with Gasteiger partial charge in [-0.25, -0.2) is 0 Å². The van der Waals surface area contributed by atoms with Crippen molar-refractivity contribution in [3.63, 3.8) is 0 Å². The Morgan fingerprint density at radius 3 is 2.84 bits per heavy atom. The second-order valence-corrected chi connectivity index (χ2v) is 8.08. The summed E-state index contributed by atoms with van der Waals surface area (Å²) < 4.78 is 4.29. The van der Waals surface area contributed by atoms with E-state index in [-0.39, 0.29) is 5.56 Å². The van der Waals surface area contributed by atoms with E-state index >= 15 is 0 Å². The molecule has 0 bridgehead atoms. The molecule has 0 amide bonds. The van der Waals surface area contributed by atoms with Crippen molar-refractivity contribution in [2.45, 2.75) is 17.5 Å². The van der Waals surface area contributed by atoms with Crippen LogP contribution in [-0.4, -0.2) is 19.2 Å². The highest BCUT2D eigenvalue weighted by Gasteiger charge is 2.16. The third-order valence-electron chi connectivity index (χ3n) is 3.76. The Labute approximate surface area is 156 Å². The highest BCUT2D eigenvalue weighted by Crippen LogP contribution is 2.29. The van der Waals surface area contributed by atoms with Gasteiger partial charge >= 0.3 is 0 Å². The van der Waals surface area contributed by atoms with Crippen LogP contribution in [0, 0.1) is 0 Å². The van der Waals surface area contributed by atoms with Crippen molar-refractivity contribution in [1.29, 1.82) is 0 Å². The van der Waals surface area contributed by atoms with Gasteiger partial charge in [0.25, 0.3) is 5.56 Å². The van der Waals surface area contributed by atoms with E-state index in [1.165, 1.54) is 0 Å². The predicted octanol–water partition coefficient (Wildman–Crippen LogP) is 4.24. The smallest absolute Gasteiger partial charge is 0.263 e. The SMILES string of the molecule is C=CCn1c(=O)c2ccccc2n2c(SCc3ccc(Cl)s3)nnc12. The van der Waals surface area contributed by atoms with Crippen LogP contribution in [-0.2, 0) is 12.3 Å². The van der Waals surface area contributed by atoms with Gasteiger partial charge in [-0.2, -0.15) is 0 Å². The summed E-state index contributed by atoms with van der Waals surface area (Å²) in [5, 5.41) is 9.94. The number of fused-ring (bicyclic) bond motifs is 3.